The summed E-state index contributed by atoms with van der Waals surface area (Å²) in [5.41, 5.74) is 7.05. The highest BCUT2D eigenvalue weighted by atomic mass is 15.4. The molecule has 0 spiro atoms. The van der Waals surface area contributed by atoms with Crippen molar-refractivity contribution < 1.29 is 0 Å². The minimum atomic E-state index is 0.680. The van der Waals surface area contributed by atoms with Crippen LogP contribution in [0, 0.1) is 12.8 Å². The van der Waals surface area contributed by atoms with Crippen molar-refractivity contribution in [1.82, 2.24) is 39.9 Å². The van der Waals surface area contributed by atoms with Gasteiger partial charge < -0.3 is 5.32 Å². The first-order valence-corrected chi connectivity index (χ1v) is 10.5. The second kappa shape index (κ2) is 7.24. The Bertz CT molecular complexity index is 1340. The van der Waals surface area contributed by atoms with E-state index < -0.39 is 0 Å². The van der Waals surface area contributed by atoms with Crippen molar-refractivity contribution in [2.45, 2.75) is 19.9 Å². The lowest BCUT2D eigenvalue weighted by atomic mass is 9.96. The first-order chi connectivity index (χ1) is 15.2. The highest BCUT2D eigenvalue weighted by Crippen LogP contribution is 2.26. The van der Waals surface area contributed by atoms with Gasteiger partial charge in [-0.05, 0) is 54.8 Å². The van der Waals surface area contributed by atoms with Crippen LogP contribution in [0.3, 0.4) is 0 Å². The smallest absolute Gasteiger partial charge is 0.178 e. The fourth-order valence-corrected chi connectivity index (χ4v) is 4.01. The molecule has 154 valence electrons. The SMILES string of the molecule is Cc1ccc2nnc(C=C3C=Cc4nc(-c5cnn(CC6CNC6)c5)ccc4C3)n2n1. The van der Waals surface area contributed by atoms with E-state index in [-0.39, 0.29) is 0 Å². The van der Waals surface area contributed by atoms with Crippen LogP contribution in [0.1, 0.15) is 22.8 Å². The van der Waals surface area contributed by atoms with Crippen LogP contribution >= 0.6 is 0 Å². The summed E-state index contributed by atoms with van der Waals surface area (Å²) >= 11 is 0. The maximum Gasteiger partial charge on any atom is 0.178 e. The molecule has 1 saturated heterocycles. The molecule has 8 heteroatoms. The Morgan fingerprint density at radius 1 is 1.13 bits per heavy atom. The van der Waals surface area contributed by atoms with Gasteiger partial charge in [-0.1, -0.05) is 12.1 Å². The average Bonchev–Trinajstić information content (AvgIpc) is 3.38. The molecular weight excluding hydrogens is 388 g/mol. The van der Waals surface area contributed by atoms with E-state index in [1.54, 1.807) is 4.52 Å². The van der Waals surface area contributed by atoms with E-state index in [0.29, 0.717) is 5.92 Å². The van der Waals surface area contributed by atoms with Crippen molar-refractivity contribution in [3.63, 3.8) is 0 Å². The van der Waals surface area contributed by atoms with Gasteiger partial charge in [0.1, 0.15) is 0 Å². The summed E-state index contributed by atoms with van der Waals surface area (Å²) < 4.78 is 3.81. The van der Waals surface area contributed by atoms with E-state index in [1.165, 1.54) is 5.56 Å². The highest BCUT2D eigenvalue weighted by Gasteiger charge is 2.18. The first kappa shape index (κ1) is 18.1. The molecule has 1 fully saturated rings. The molecule has 2 aliphatic rings. The van der Waals surface area contributed by atoms with Crippen molar-refractivity contribution >= 4 is 17.8 Å². The number of nitrogens with one attached hydrogen (secondary N) is 1. The van der Waals surface area contributed by atoms with E-state index in [9.17, 15) is 0 Å². The number of aromatic nitrogens is 7. The Kier molecular flexibility index (Phi) is 4.24. The highest BCUT2D eigenvalue weighted by molar-refractivity contribution is 5.68. The largest absolute Gasteiger partial charge is 0.316 e. The van der Waals surface area contributed by atoms with Crippen molar-refractivity contribution in [1.29, 1.82) is 0 Å². The van der Waals surface area contributed by atoms with E-state index in [1.807, 2.05) is 36.0 Å². The standard InChI is InChI=1S/C23H22N8/c1-15-2-7-22-27-28-23(31(22)29-15)9-16-3-5-20-18(8-16)4-6-21(26-20)19-12-25-30(14-19)13-17-10-24-11-17/h2-7,9,12,14,17,24H,8,10-11,13H2,1H3. The lowest BCUT2D eigenvalue weighted by Gasteiger charge is -2.26. The Hall–Kier alpha value is -3.65. The van der Waals surface area contributed by atoms with Crippen LogP contribution in [0.4, 0.5) is 0 Å². The van der Waals surface area contributed by atoms with E-state index >= 15 is 0 Å². The molecule has 1 N–H and O–H groups in total. The minimum absolute atomic E-state index is 0.680. The summed E-state index contributed by atoms with van der Waals surface area (Å²) in [5.74, 6) is 1.42. The second-order valence-electron chi connectivity index (χ2n) is 8.25. The van der Waals surface area contributed by atoms with Gasteiger partial charge in [0.2, 0.25) is 0 Å². The van der Waals surface area contributed by atoms with Crippen LogP contribution in [0.2, 0.25) is 0 Å². The third-order valence-electron chi connectivity index (χ3n) is 5.84. The van der Waals surface area contributed by atoms with E-state index in [0.717, 1.165) is 65.7 Å². The molecular formula is C23H22N8. The summed E-state index contributed by atoms with van der Waals surface area (Å²) in [6.45, 7) is 5.07. The lowest BCUT2D eigenvalue weighted by Crippen LogP contribution is -2.44. The predicted octanol–water partition coefficient (Wildman–Crippen LogP) is 2.56. The zero-order chi connectivity index (χ0) is 20.8. The Morgan fingerprint density at radius 3 is 2.94 bits per heavy atom. The molecule has 0 amide bonds. The summed E-state index contributed by atoms with van der Waals surface area (Å²) in [5, 5.41) is 20.8. The molecule has 0 saturated carbocycles. The third kappa shape index (κ3) is 3.44. The average molecular weight is 410 g/mol. The van der Waals surface area contributed by atoms with Crippen molar-refractivity contribution in [3.8, 4) is 11.3 Å². The van der Waals surface area contributed by atoms with Crippen LogP contribution in [0.5, 0.6) is 0 Å². The number of fused-ring (bicyclic) bond motifs is 2. The first-order valence-electron chi connectivity index (χ1n) is 10.5. The quantitative estimate of drug-likeness (QED) is 0.557. The Balaban J connectivity index is 1.25. The monoisotopic (exact) mass is 410 g/mol. The van der Waals surface area contributed by atoms with Gasteiger partial charge in [-0.15, -0.1) is 10.2 Å². The Labute approximate surface area is 179 Å². The van der Waals surface area contributed by atoms with E-state index in [2.05, 4.69) is 56.2 Å². The normalized spacial score (nSPS) is 17.3. The minimum Gasteiger partial charge on any atom is -0.316 e. The molecule has 31 heavy (non-hydrogen) atoms. The zero-order valence-corrected chi connectivity index (χ0v) is 17.2. The molecule has 5 heterocycles. The molecule has 1 aliphatic heterocycles. The number of hydrogen-bond donors (Lipinski definition) is 1. The van der Waals surface area contributed by atoms with Gasteiger partial charge in [0.05, 0.1) is 23.3 Å². The van der Waals surface area contributed by atoms with Crippen LogP contribution in [-0.2, 0) is 13.0 Å². The number of nitrogens with zero attached hydrogens (tertiary/aromatic N) is 7. The number of allylic oxidation sites excluding steroid dienone is 2. The number of pyridine rings is 1. The maximum absolute atomic E-state index is 4.88. The van der Waals surface area contributed by atoms with Gasteiger partial charge >= 0.3 is 0 Å². The fraction of sp³-hybridized carbons (Fsp3) is 0.261. The third-order valence-corrected chi connectivity index (χ3v) is 5.84. The molecule has 6 rings (SSSR count). The van der Waals surface area contributed by atoms with Gasteiger partial charge in [-0.2, -0.15) is 14.7 Å². The summed E-state index contributed by atoms with van der Waals surface area (Å²) in [6.07, 6.45) is 11.0. The number of hydrogen-bond acceptors (Lipinski definition) is 6. The van der Waals surface area contributed by atoms with Gasteiger partial charge in [-0.25, -0.2) is 4.98 Å². The summed E-state index contributed by atoms with van der Waals surface area (Å²) in [6, 6.07) is 8.11. The second-order valence-corrected chi connectivity index (χ2v) is 8.25. The van der Waals surface area contributed by atoms with Crippen molar-refractivity contribution in [3.05, 3.63) is 71.1 Å². The van der Waals surface area contributed by atoms with Crippen molar-refractivity contribution in [2.24, 2.45) is 5.92 Å². The van der Waals surface area contributed by atoms with Crippen LogP contribution in [0.25, 0.3) is 29.1 Å². The topological polar surface area (TPSA) is 85.8 Å². The number of aryl methyl sites for hydroxylation is 1. The molecule has 0 radical (unpaired) electrons. The van der Waals surface area contributed by atoms with Crippen LogP contribution < -0.4 is 5.32 Å². The summed E-state index contributed by atoms with van der Waals surface area (Å²) in [4.78, 5) is 4.88. The fourth-order valence-electron chi connectivity index (χ4n) is 4.01. The van der Waals surface area contributed by atoms with E-state index in [4.69, 9.17) is 4.98 Å². The maximum atomic E-state index is 4.88. The predicted molar refractivity (Wildman–Crippen MR) is 118 cm³/mol. The molecule has 0 unspecified atom stereocenters. The molecule has 4 aromatic heterocycles. The summed E-state index contributed by atoms with van der Waals surface area (Å²) in [7, 11) is 0. The molecule has 0 bridgehead atoms. The molecule has 0 aromatic carbocycles. The van der Waals surface area contributed by atoms with Crippen LogP contribution in [-0.4, -0.2) is 47.7 Å². The van der Waals surface area contributed by atoms with Gasteiger partial charge in [-0.3, -0.25) is 4.68 Å². The van der Waals surface area contributed by atoms with Crippen LogP contribution in [0.15, 0.2) is 48.3 Å². The van der Waals surface area contributed by atoms with Crippen molar-refractivity contribution in [2.75, 3.05) is 13.1 Å². The lowest BCUT2D eigenvalue weighted by molar-refractivity contribution is 0.295. The van der Waals surface area contributed by atoms with Gasteiger partial charge in [0, 0.05) is 37.3 Å². The van der Waals surface area contributed by atoms with Gasteiger partial charge in [0.25, 0.3) is 0 Å². The zero-order valence-electron chi connectivity index (χ0n) is 17.2. The number of rotatable bonds is 4. The molecule has 8 nitrogen and oxygen atoms in total. The molecule has 4 aromatic rings. The Morgan fingerprint density at radius 2 is 2.06 bits per heavy atom. The molecule has 1 aliphatic carbocycles. The molecule has 0 atom stereocenters. The van der Waals surface area contributed by atoms with Gasteiger partial charge in [0.15, 0.2) is 11.5 Å².